The summed E-state index contributed by atoms with van der Waals surface area (Å²) in [5, 5.41) is 23.5. The molecule has 0 heterocycles. The lowest BCUT2D eigenvalue weighted by molar-refractivity contribution is -0.148. The number of nitrogens with one attached hydrogen (secondary N) is 1. The Balaban J connectivity index is 4.84. The molecule has 0 saturated heterocycles. The summed E-state index contributed by atoms with van der Waals surface area (Å²) in [5.41, 5.74) is 0. The molecule has 57 heavy (non-hydrogen) atoms. The molecule has 1 amide bonds. The van der Waals surface area contributed by atoms with E-state index >= 15 is 0 Å². The molecule has 0 fully saturated rings. The van der Waals surface area contributed by atoms with E-state index in [0.29, 0.717) is 19.3 Å². The minimum absolute atomic E-state index is 0.0606. The zero-order valence-electron chi connectivity index (χ0n) is 36.7. The first kappa shape index (κ1) is 53.8. The third-order valence-electron chi connectivity index (χ3n) is 9.65. The summed E-state index contributed by atoms with van der Waals surface area (Å²) in [4.78, 5) is 25.9. The maximum atomic E-state index is 13.1. The molecule has 0 spiro atoms. The molecule has 6 heteroatoms. The second kappa shape index (κ2) is 43.9. The molecule has 0 aliphatic rings. The number of rotatable bonds is 39. The van der Waals surface area contributed by atoms with E-state index in [1.165, 1.54) is 44.9 Å². The standard InChI is InChI=1S/C51H85NO5/c1-4-7-10-13-16-19-22-24-26-28-30-33-36-39-42-47(57-51(56)44-41-38-35-32-29-27-25-23-20-17-14-11-8-5-2)45-50(55)52-48(46-53)49(54)43-40-37-34-31-21-18-15-12-9-6-3/h7-8,10-11,16-17,19-20,24-27,30,33,39,42,47-49,53-54H,4-6,9,12-15,18,21-23,28-29,31-32,34-38,40-41,43-46H2,1-3H3,(H,52,55)/b10-7+,11-8+,19-16+,20-17+,26-24+,27-25+,33-30+,42-39+. The van der Waals surface area contributed by atoms with E-state index in [0.717, 1.165) is 96.3 Å². The van der Waals surface area contributed by atoms with Gasteiger partial charge in [-0.25, -0.2) is 0 Å². The summed E-state index contributed by atoms with van der Waals surface area (Å²) >= 11 is 0. The Labute approximate surface area is 350 Å². The van der Waals surface area contributed by atoms with E-state index < -0.39 is 18.2 Å². The van der Waals surface area contributed by atoms with E-state index in [4.69, 9.17) is 4.74 Å². The van der Waals surface area contributed by atoms with Gasteiger partial charge in [0, 0.05) is 6.42 Å². The van der Waals surface area contributed by atoms with Crippen LogP contribution in [0, 0.1) is 0 Å². The summed E-state index contributed by atoms with van der Waals surface area (Å²) in [6, 6.07) is -0.750. The second-order valence-corrected chi connectivity index (χ2v) is 15.0. The van der Waals surface area contributed by atoms with Gasteiger partial charge in [0.1, 0.15) is 6.10 Å². The first-order chi connectivity index (χ1) is 28.0. The van der Waals surface area contributed by atoms with Crippen molar-refractivity contribution in [2.75, 3.05) is 6.61 Å². The third kappa shape index (κ3) is 39.4. The maximum Gasteiger partial charge on any atom is 0.306 e. The normalized spacial score (nSPS) is 14.3. The van der Waals surface area contributed by atoms with Crippen molar-refractivity contribution < 1.29 is 24.5 Å². The van der Waals surface area contributed by atoms with E-state index in [9.17, 15) is 19.8 Å². The van der Waals surface area contributed by atoms with Crippen LogP contribution in [0.2, 0.25) is 0 Å². The van der Waals surface area contributed by atoms with Crippen LogP contribution in [0.3, 0.4) is 0 Å². The number of amides is 1. The molecule has 3 N–H and O–H groups in total. The highest BCUT2D eigenvalue weighted by molar-refractivity contribution is 5.78. The van der Waals surface area contributed by atoms with Crippen molar-refractivity contribution in [3.05, 3.63) is 97.2 Å². The number of ether oxygens (including phenoxy) is 1. The highest BCUT2D eigenvalue weighted by atomic mass is 16.5. The second-order valence-electron chi connectivity index (χ2n) is 15.0. The number of hydrogen-bond donors (Lipinski definition) is 3. The lowest BCUT2D eigenvalue weighted by Crippen LogP contribution is -2.46. The fraction of sp³-hybridized carbons (Fsp3) is 0.647. The Morgan fingerprint density at radius 3 is 1.49 bits per heavy atom. The van der Waals surface area contributed by atoms with Gasteiger partial charge < -0.3 is 20.3 Å². The van der Waals surface area contributed by atoms with Gasteiger partial charge in [-0.1, -0.05) is 189 Å². The van der Waals surface area contributed by atoms with Crippen molar-refractivity contribution in [2.24, 2.45) is 0 Å². The number of esters is 1. The van der Waals surface area contributed by atoms with Gasteiger partial charge in [0.05, 0.1) is 25.2 Å². The minimum atomic E-state index is -0.826. The van der Waals surface area contributed by atoms with Crippen LogP contribution < -0.4 is 5.32 Å². The fourth-order valence-electron chi connectivity index (χ4n) is 6.23. The first-order valence-corrected chi connectivity index (χ1v) is 23.0. The lowest BCUT2D eigenvalue weighted by Gasteiger charge is -2.23. The monoisotopic (exact) mass is 792 g/mol. The zero-order chi connectivity index (χ0) is 41.7. The molecule has 0 aliphatic heterocycles. The number of unbranched alkanes of at least 4 members (excludes halogenated alkanes) is 13. The van der Waals surface area contributed by atoms with E-state index in [-0.39, 0.29) is 24.9 Å². The average molecular weight is 792 g/mol. The number of hydrogen-bond acceptors (Lipinski definition) is 5. The molecule has 0 bridgehead atoms. The van der Waals surface area contributed by atoms with Crippen molar-refractivity contribution in [2.45, 2.75) is 206 Å². The van der Waals surface area contributed by atoms with Crippen molar-refractivity contribution in [3.8, 4) is 0 Å². The van der Waals surface area contributed by atoms with Crippen molar-refractivity contribution in [1.82, 2.24) is 5.32 Å². The van der Waals surface area contributed by atoms with Gasteiger partial charge in [-0.15, -0.1) is 0 Å². The quantitative estimate of drug-likeness (QED) is 0.0327. The molecule has 0 rings (SSSR count). The SMILES string of the molecule is CC/C=C/C/C=C/C/C=C/C/C=C/C/C=C/C(CC(=O)NC(CO)C(O)CCCCCCCCCCCC)OC(=O)CCCCCC/C=C/C/C=C/C/C=C/CC. The molecular weight excluding hydrogens is 707 g/mol. The summed E-state index contributed by atoms with van der Waals surface area (Å²) < 4.78 is 5.78. The van der Waals surface area contributed by atoms with Crippen LogP contribution in [0.1, 0.15) is 188 Å². The average Bonchev–Trinajstić information content (AvgIpc) is 3.20. The third-order valence-corrected chi connectivity index (χ3v) is 9.65. The van der Waals surface area contributed by atoms with Crippen LogP contribution in [0.15, 0.2) is 97.2 Å². The minimum Gasteiger partial charge on any atom is -0.458 e. The topological polar surface area (TPSA) is 95.9 Å². The Morgan fingerprint density at radius 1 is 0.544 bits per heavy atom. The molecule has 0 saturated carbocycles. The Bertz CT molecular complexity index is 1160. The summed E-state index contributed by atoms with van der Waals surface area (Å²) in [6.07, 6.45) is 57.8. The Kier molecular flexibility index (Phi) is 41.4. The van der Waals surface area contributed by atoms with Crippen LogP contribution in [-0.2, 0) is 14.3 Å². The van der Waals surface area contributed by atoms with Crippen LogP contribution in [-0.4, -0.2) is 46.9 Å². The lowest BCUT2D eigenvalue weighted by atomic mass is 10.0. The van der Waals surface area contributed by atoms with Crippen LogP contribution in [0.4, 0.5) is 0 Å². The molecule has 0 aromatic carbocycles. The fourth-order valence-corrected chi connectivity index (χ4v) is 6.23. The van der Waals surface area contributed by atoms with Gasteiger partial charge in [0.15, 0.2) is 0 Å². The van der Waals surface area contributed by atoms with Crippen molar-refractivity contribution in [1.29, 1.82) is 0 Å². The molecular formula is C51H85NO5. The summed E-state index contributed by atoms with van der Waals surface area (Å²) in [5.74, 6) is -0.666. The molecule has 0 aromatic rings. The number of carbonyl (C=O) groups is 2. The molecule has 0 aliphatic carbocycles. The number of allylic oxidation sites excluding steroid dienone is 15. The highest BCUT2D eigenvalue weighted by Gasteiger charge is 2.23. The van der Waals surface area contributed by atoms with Gasteiger partial charge >= 0.3 is 5.97 Å². The molecule has 3 unspecified atom stereocenters. The van der Waals surface area contributed by atoms with Crippen molar-refractivity contribution in [3.63, 3.8) is 0 Å². The summed E-state index contributed by atoms with van der Waals surface area (Å²) in [6.45, 7) is 6.17. The number of aliphatic hydroxyl groups excluding tert-OH is 2. The van der Waals surface area contributed by atoms with Crippen molar-refractivity contribution >= 4 is 11.9 Å². The van der Waals surface area contributed by atoms with E-state index in [1.807, 2.05) is 6.08 Å². The largest absolute Gasteiger partial charge is 0.458 e. The predicted octanol–water partition coefficient (Wildman–Crippen LogP) is 13.4. The number of aliphatic hydroxyl groups is 2. The van der Waals surface area contributed by atoms with E-state index in [2.05, 4.69) is 111 Å². The predicted molar refractivity (Wildman–Crippen MR) is 245 cm³/mol. The van der Waals surface area contributed by atoms with Crippen LogP contribution in [0.5, 0.6) is 0 Å². The van der Waals surface area contributed by atoms with Gasteiger partial charge in [0.2, 0.25) is 5.91 Å². The van der Waals surface area contributed by atoms with Gasteiger partial charge in [0.25, 0.3) is 0 Å². The molecule has 324 valence electrons. The van der Waals surface area contributed by atoms with Gasteiger partial charge in [-0.3, -0.25) is 9.59 Å². The Hall–Kier alpha value is -3.22. The molecule has 3 atom stereocenters. The zero-order valence-corrected chi connectivity index (χ0v) is 36.7. The van der Waals surface area contributed by atoms with Crippen LogP contribution in [0.25, 0.3) is 0 Å². The molecule has 0 aromatic heterocycles. The number of carbonyl (C=O) groups excluding carboxylic acids is 2. The molecule has 6 nitrogen and oxygen atoms in total. The Morgan fingerprint density at radius 2 is 0.982 bits per heavy atom. The maximum absolute atomic E-state index is 13.1. The molecule has 0 radical (unpaired) electrons. The summed E-state index contributed by atoms with van der Waals surface area (Å²) in [7, 11) is 0. The smallest absolute Gasteiger partial charge is 0.306 e. The van der Waals surface area contributed by atoms with Gasteiger partial charge in [-0.05, 0) is 83.1 Å². The highest BCUT2D eigenvalue weighted by Crippen LogP contribution is 2.14. The van der Waals surface area contributed by atoms with Crippen LogP contribution >= 0.6 is 0 Å². The first-order valence-electron chi connectivity index (χ1n) is 23.0. The van der Waals surface area contributed by atoms with Gasteiger partial charge in [-0.2, -0.15) is 0 Å². The van der Waals surface area contributed by atoms with E-state index in [1.54, 1.807) is 6.08 Å².